The Labute approximate surface area is 272 Å². The van der Waals surface area contributed by atoms with Gasteiger partial charge in [0.1, 0.15) is 0 Å². The van der Waals surface area contributed by atoms with Crippen molar-refractivity contribution in [1.29, 1.82) is 0 Å². The minimum Gasteiger partial charge on any atom is -0.491 e. The highest BCUT2D eigenvalue weighted by molar-refractivity contribution is 14.1. The molecule has 0 aromatic heterocycles. The number of alkyl halides is 3. The molecule has 4 rings (SSSR count). The van der Waals surface area contributed by atoms with Gasteiger partial charge in [-0.3, -0.25) is 4.79 Å². The highest BCUT2D eigenvalue weighted by atomic mass is 127. The highest BCUT2D eigenvalue weighted by Crippen LogP contribution is 2.40. The quantitative estimate of drug-likeness (QED) is 0.0797. The summed E-state index contributed by atoms with van der Waals surface area (Å²) in [5.74, 6) is -1.55. The number of ether oxygens (including phenoxy) is 1. The Balaban J connectivity index is 1.77. The van der Waals surface area contributed by atoms with E-state index in [1.54, 1.807) is 18.2 Å². The van der Waals surface area contributed by atoms with Crippen LogP contribution >= 0.6 is 22.6 Å². The Bertz CT molecular complexity index is 1480. The average molecular weight is 740 g/mol. The Morgan fingerprint density at radius 1 is 0.911 bits per heavy atom. The van der Waals surface area contributed by atoms with Crippen LogP contribution in [-0.4, -0.2) is 24.6 Å². The fraction of sp³-hybridized carbons (Fsp3) is 0.394. The maximum absolute atomic E-state index is 15.1. The number of unbranched alkanes of at least 4 members (excludes halogenated alkanes) is 2. The largest absolute Gasteiger partial charge is 0.491 e. The fourth-order valence-electron chi connectivity index (χ4n) is 5.61. The molecule has 1 aliphatic carbocycles. The van der Waals surface area contributed by atoms with Gasteiger partial charge in [-0.05, 0) is 102 Å². The van der Waals surface area contributed by atoms with E-state index in [2.05, 4.69) is 15.8 Å². The molecule has 0 heterocycles. The average Bonchev–Trinajstić information content (AvgIpc) is 3.51. The van der Waals surface area contributed by atoms with Crippen LogP contribution in [0, 0.1) is 14.3 Å². The molecule has 1 saturated carbocycles. The molecule has 3 amide bonds. The van der Waals surface area contributed by atoms with Crippen LogP contribution in [0.2, 0.25) is 0 Å². The van der Waals surface area contributed by atoms with E-state index in [9.17, 15) is 27.7 Å². The number of nitrogens with zero attached hydrogens (tertiary/aromatic N) is 1. The zero-order valence-corrected chi connectivity index (χ0v) is 26.6. The van der Waals surface area contributed by atoms with Gasteiger partial charge in [-0.15, -0.1) is 4.91 Å². The molecule has 3 aromatic carbocycles. The molecular formula is C33H34F4IN3O4. The zero-order valence-electron chi connectivity index (χ0n) is 24.5. The van der Waals surface area contributed by atoms with Gasteiger partial charge in [-0.2, -0.15) is 13.2 Å². The van der Waals surface area contributed by atoms with Crippen LogP contribution in [-0.2, 0) is 22.9 Å². The lowest BCUT2D eigenvalue weighted by Gasteiger charge is -2.37. The third-order valence-electron chi connectivity index (χ3n) is 7.87. The number of urea groups is 1. The van der Waals surface area contributed by atoms with Gasteiger partial charge >= 0.3 is 12.2 Å². The fourth-order valence-corrected chi connectivity index (χ4v) is 6.28. The first kappa shape index (κ1) is 34.3. The Morgan fingerprint density at radius 2 is 1.62 bits per heavy atom. The molecule has 0 aliphatic heterocycles. The van der Waals surface area contributed by atoms with Gasteiger partial charge in [0, 0.05) is 27.6 Å². The van der Waals surface area contributed by atoms with Gasteiger partial charge in [-0.25, -0.2) is 9.18 Å². The molecule has 240 valence electrons. The van der Waals surface area contributed by atoms with E-state index in [1.807, 2.05) is 40.8 Å². The number of hydrogen-bond donors (Lipinski definition) is 2. The van der Waals surface area contributed by atoms with Crippen molar-refractivity contribution in [3.05, 3.63) is 103 Å². The molecule has 0 saturated heterocycles. The minimum atomic E-state index is -4.65. The normalized spacial score (nSPS) is 14.9. The third kappa shape index (κ3) is 9.47. The Morgan fingerprint density at radius 3 is 2.31 bits per heavy atom. The SMILES string of the molecule is O=NC(=O)CCCCCOc1cc([C@@](Cc2ccccc2)(NC(=O)NC2CCCC2)c2cc(I)cc(C(F)(F)F)c2)ccc1F. The summed E-state index contributed by atoms with van der Waals surface area (Å²) in [6.45, 7) is 0.0891. The van der Waals surface area contributed by atoms with Crippen LogP contribution in [0.3, 0.4) is 0 Å². The van der Waals surface area contributed by atoms with E-state index in [0.29, 0.717) is 28.4 Å². The number of hydrogen-bond acceptors (Lipinski definition) is 4. The second-order valence-electron chi connectivity index (χ2n) is 11.2. The van der Waals surface area contributed by atoms with Gasteiger partial charge in [0.05, 0.1) is 17.7 Å². The predicted octanol–water partition coefficient (Wildman–Crippen LogP) is 8.41. The minimum absolute atomic E-state index is 0.0136. The lowest BCUT2D eigenvalue weighted by Crippen LogP contribution is -2.53. The molecule has 12 heteroatoms. The molecule has 0 bridgehead atoms. The number of nitroso groups, excluding NO2 is 1. The van der Waals surface area contributed by atoms with E-state index in [1.165, 1.54) is 18.2 Å². The van der Waals surface area contributed by atoms with E-state index in [4.69, 9.17) is 4.74 Å². The summed E-state index contributed by atoms with van der Waals surface area (Å²) >= 11 is 1.83. The Hall–Kier alpha value is -3.55. The molecule has 7 nitrogen and oxygen atoms in total. The van der Waals surface area contributed by atoms with Crippen molar-refractivity contribution in [1.82, 2.24) is 10.6 Å². The van der Waals surface area contributed by atoms with Crippen molar-refractivity contribution in [2.75, 3.05) is 6.61 Å². The van der Waals surface area contributed by atoms with Crippen molar-refractivity contribution in [2.45, 2.75) is 75.5 Å². The molecule has 0 unspecified atom stereocenters. The van der Waals surface area contributed by atoms with Crippen molar-refractivity contribution in [2.24, 2.45) is 5.18 Å². The van der Waals surface area contributed by atoms with Crippen LogP contribution < -0.4 is 15.4 Å². The smallest absolute Gasteiger partial charge is 0.416 e. The van der Waals surface area contributed by atoms with Crippen molar-refractivity contribution in [3.63, 3.8) is 0 Å². The summed E-state index contributed by atoms with van der Waals surface area (Å²) in [5, 5.41) is 8.37. The molecule has 1 aliphatic rings. The standard InChI is InChI=1S/C33H34F4IN3O4/c34-28-15-14-23(20-29(28)45-16-8-2-5-13-30(42)41-44)32(21-22-9-3-1-4-10-22,40-31(43)39-27-11-6-7-12-27)24-17-25(33(35,36)37)19-26(38)18-24/h1,3-4,9-10,14-15,17-20,27H,2,5-8,11-13,16,21H2,(H2,39,40,43)/t32-/m1/s1. The number of nitrogens with one attached hydrogen (secondary N) is 2. The second kappa shape index (κ2) is 15.6. The summed E-state index contributed by atoms with van der Waals surface area (Å²) in [5.41, 5.74) is -1.18. The van der Waals surface area contributed by atoms with Crippen LogP contribution in [0.15, 0.2) is 71.9 Å². The van der Waals surface area contributed by atoms with Crippen molar-refractivity contribution >= 4 is 34.5 Å². The molecule has 0 radical (unpaired) electrons. The van der Waals surface area contributed by atoms with Gasteiger partial charge in [0.2, 0.25) is 0 Å². The zero-order chi connectivity index (χ0) is 32.5. The molecule has 1 fully saturated rings. The van der Waals surface area contributed by atoms with Gasteiger partial charge in [-0.1, -0.05) is 49.2 Å². The van der Waals surface area contributed by atoms with Crippen LogP contribution in [0.5, 0.6) is 5.75 Å². The maximum atomic E-state index is 15.1. The molecule has 45 heavy (non-hydrogen) atoms. The van der Waals surface area contributed by atoms with Crippen LogP contribution in [0.4, 0.5) is 22.4 Å². The first-order valence-corrected chi connectivity index (χ1v) is 15.9. The number of carbonyl (C=O) groups excluding carboxylic acids is 2. The molecule has 2 N–H and O–H groups in total. The van der Waals surface area contributed by atoms with Crippen LogP contribution in [0.25, 0.3) is 0 Å². The van der Waals surface area contributed by atoms with E-state index in [-0.39, 0.29) is 36.8 Å². The van der Waals surface area contributed by atoms with Crippen molar-refractivity contribution < 1.29 is 31.9 Å². The molecular weight excluding hydrogens is 705 g/mol. The summed E-state index contributed by atoms with van der Waals surface area (Å²) in [6.07, 6.45) is 0.375. The van der Waals surface area contributed by atoms with Gasteiger partial charge in [0.15, 0.2) is 11.6 Å². The summed E-state index contributed by atoms with van der Waals surface area (Å²) in [6, 6.07) is 16.1. The van der Waals surface area contributed by atoms with Gasteiger partial charge in [0.25, 0.3) is 5.91 Å². The van der Waals surface area contributed by atoms with Crippen LogP contribution in [0.1, 0.15) is 73.6 Å². The third-order valence-corrected chi connectivity index (χ3v) is 8.49. The number of halogens is 5. The summed E-state index contributed by atoms with van der Waals surface area (Å²) in [7, 11) is 0. The van der Waals surface area contributed by atoms with E-state index >= 15 is 4.39 Å². The Kier molecular flexibility index (Phi) is 11.9. The number of carbonyl (C=O) groups is 2. The first-order valence-electron chi connectivity index (χ1n) is 14.8. The summed E-state index contributed by atoms with van der Waals surface area (Å²) in [4.78, 5) is 35.0. The monoisotopic (exact) mass is 739 g/mol. The number of benzene rings is 3. The molecule has 1 atom stereocenters. The number of rotatable bonds is 13. The lowest BCUT2D eigenvalue weighted by atomic mass is 9.77. The molecule has 0 spiro atoms. The highest BCUT2D eigenvalue weighted by Gasteiger charge is 2.40. The van der Waals surface area contributed by atoms with E-state index < -0.39 is 35.0 Å². The summed E-state index contributed by atoms with van der Waals surface area (Å²) < 4.78 is 63.4. The molecule has 3 aromatic rings. The number of amides is 3. The maximum Gasteiger partial charge on any atom is 0.416 e. The predicted molar refractivity (Wildman–Crippen MR) is 170 cm³/mol. The second-order valence-corrected chi connectivity index (χ2v) is 12.4. The van der Waals surface area contributed by atoms with Gasteiger partial charge < -0.3 is 15.4 Å². The lowest BCUT2D eigenvalue weighted by molar-refractivity contribution is -0.137. The van der Waals surface area contributed by atoms with E-state index in [0.717, 1.165) is 43.4 Å². The first-order chi connectivity index (χ1) is 21.5. The van der Waals surface area contributed by atoms with Crippen molar-refractivity contribution in [3.8, 4) is 5.75 Å². The topological polar surface area (TPSA) is 96.9 Å².